The summed E-state index contributed by atoms with van der Waals surface area (Å²) in [6, 6.07) is 16.2. The second-order valence-corrected chi connectivity index (χ2v) is 8.16. The number of nitrogens with one attached hydrogen (secondary N) is 1. The van der Waals surface area contributed by atoms with Gasteiger partial charge in [-0.3, -0.25) is 4.90 Å². The Morgan fingerprint density at radius 1 is 0.897 bits per heavy atom. The molecule has 4 aromatic rings. The van der Waals surface area contributed by atoms with Crippen LogP contribution in [-0.2, 0) is 4.74 Å². The van der Waals surface area contributed by atoms with Gasteiger partial charge in [0.15, 0.2) is 5.82 Å². The van der Waals surface area contributed by atoms with Gasteiger partial charge in [0.05, 0.1) is 34.5 Å². The number of fused-ring (bicyclic) bond motifs is 2. The fourth-order valence-electron chi connectivity index (χ4n) is 3.58. The lowest BCUT2D eigenvalue weighted by Crippen LogP contribution is -2.37. The Morgan fingerprint density at radius 3 is 2.41 bits per heavy atom. The number of hydrogen-bond acceptors (Lipinski definition) is 7. The third kappa shape index (κ3) is 4.07. The van der Waals surface area contributed by atoms with Gasteiger partial charge in [-0.25, -0.2) is 15.0 Å². The lowest BCUT2D eigenvalue weighted by molar-refractivity contribution is 0.0378. The number of nitrogens with zero attached hydrogens (tertiary/aromatic N) is 4. The number of hydrogen-bond donors (Lipinski definition) is 1. The van der Waals surface area contributed by atoms with Crippen molar-refractivity contribution in [3.63, 3.8) is 0 Å². The Kier molecular flexibility index (Phi) is 5.34. The van der Waals surface area contributed by atoms with Crippen LogP contribution in [0.3, 0.4) is 0 Å². The van der Waals surface area contributed by atoms with E-state index in [1.807, 2.05) is 42.5 Å². The van der Waals surface area contributed by atoms with E-state index in [4.69, 9.17) is 19.7 Å². The predicted octanol–water partition coefficient (Wildman–Crippen LogP) is 4.04. The Morgan fingerprint density at radius 2 is 1.62 bits per heavy atom. The monoisotopic (exact) mass is 405 g/mol. The molecule has 1 saturated heterocycles. The molecule has 1 aliphatic rings. The maximum absolute atomic E-state index is 5.42. The number of aromatic nitrogens is 3. The Balaban J connectivity index is 1.40. The summed E-state index contributed by atoms with van der Waals surface area (Å²) in [4.78, 5) is 17.0. The summed E-state index contributed by atoms with van der Waals surface area (Å²) in [6.07, 6.45) is 1.05. The average molecular weight is 406 g/mol. The van der Waals surface area contributed by atoms with Crippen molar-refractivity contribution in [3.8, 4) is 10.7 Å². The topological polar surface area (TPSA) is 63.2 Å². The van der Waals surface area contributed by atoms with E-state index in [0.29, 0.717) is 0 Å². The number of benzene rings is 2. The summed E-state index contributed by atoms with van der Waals surface area (Å²) < 4.78 is 6.59. The number of anilines is 1. The van der Waals surface area contributed by atoms with Gasteiger partial charge in [0.25, 0.3) is 0 Å². The molecular weight excluding hydrogens is 382 g/mol. The van der Waals surface area contributed by atoms with E-state index in [2.05, 4.69) is 16.3 Å². The first-order valence-electron chi connectivity index (χ1n) is 10.0. The molecule has 148 valence electrons. The molecule has 1 N–H and O–H groups in total. The second-order valence-electron chi connectivity index (χ2n) is 7.13. The zero-order chi connectivity index (χ0) is 19.5. The van der Waals surface area contributed by atoms with E-state index in [9.17, 15) is 0 Å². The maximum Gasteiger partial charge on any atom is 0.155 e. The van der Waals surface area contributed by atoms with E-state index in [0.717, 1.165) is 83.6 Å². The molecule has 2 aromatic carbocycles. The molecule has 0 aliphatic carbocycles. The van der Waals surface area contributed by atoms with Crippen LogP contribution < -0.4 is 5.32 Å². The normalized spacial score (nSPS) is 15.2. The van der Waals surface area contributed by atoms with Crippen LogP contribution >= 0.6 is 11.3 Å². The van der Waals surface area contributed by atoms with Crippen molar-refractivity contribution in [2.24, 2.45) is 0 Å². The lowest BCUT2D eigenvalue weighted by Gasteiger charge is -2.26. The highest BCUT2D eigenvalue weighted by Crippen LogP contribution is 2.33. The first-order chi connectivity index (χ1) is 14.4. The summed E-state index contributed by atoms with van der Waals surface area (Å²) >= 11 is 1.66. The van der Waals surface area contributed by atoms with E-state index in [1.54, 1.807) is 11.3 Å². The van der Waals surface area contributed by atoms with E-state index >= 15 is 0 Å². The highest BCUT2D eigenvalue weighted by atomic mass is 32.1. The summed E-state index contributed by atoms with van der Waals surface area (Å²) in [5.74, 6) is 0.810. The van der Waals surface area contributed by atoms with E-state index in [-0.39, 0.29) is 0 Å². The number of morpholine rings is 1. The summed E-state index contributed by atoms with van der Waals surface area (Å²) in [6.45, 7) is 5.63. The number of para-hydroxylation sites is 3. The van der Waals surface area contributed by atoms with Gasteiger partial charge in [-0.1, -0.05) is 24.3 Å². The number of rotatable bonds is 6. The summed E-state index contributed by atoms with van der Waals surface area (Å²) in [5.41, 5.74) is 3.62. The van der Waals surface area contributed by atoms with Crippen molar-refractivity contribution >= 4 is 38.4 Å². The van der Waals surface area contributed by atoms with Crippen LogP contribution in [0.25, 0.3) is 32.0 Å². The molecular formula is C22H23N5OS. The molecule has 0 spiro atoms. The minimum absolute atomic E-state index is 0.810. The van der Waals surface area contributed by atoms with Gasteiger partial charge in [0.1, 0.15) is 10.7 Å². The lowest BCUT2D eigenvalue weighted by atomic mass is 10.2. The van der Waals surface area contributed by atoms with Gasteiger partial charge in [0.2, 0.25) is 0 Å². The standard InChI is InChI=1S/C22H23N5OS/c1-2-7-17-16(6-1)24-20(22-26-18-8-3-4-9-19(18)29-22)21(25-17)23-10-5-11-27-12-14-28-15-13-27/h1-4,6-9H,5,10-15H2,(H,23,25). The first-order valence-corrected chi connectivity index (χ1v) is 10.9. The molecule has 0 amide bonds. The van der Waals surface area contributed by atoms with Crippen LogP contribution in [-0.4, -0.2) is 59.2 Å². The molecule has 0 unspecified atom stereocenters. The number of thiazole rings is 1. The third-order valence-electron chi connectivity index (χ3n) is 5.11. The van der Waals surface area contributed by atoms with Crippen molar-refractivity contribution in [2.75, 3.05) is 44.7 Å². The smallest absolute Gasteiger partial charge is 0.155 e. The van der Waals surface area contributed by atoms with E-state index < -0.39 is 0 Å². The van der Waals surface area contributed by atoms with Crippen molar-refractivity contribution in [1.29, 1.82) is 0 Å². The molecule has 5 rings (SSSR count). The summed E-state index contributed by atoms with van der Waals surface area (Å²) in [7, 11) is 0. The highest BCUT2D eigenvalue weighted by Gasteiger charge is 2.16. The van der Waals surface area contributed by atoms with Crippen LogP contribution in [0.15, 0.2) is 48.5 Å². The second kappa shape index (κ2) is 8.41. The van der Waals surface area contributed by atoms with Gasteiger partial charge in [-0.2, -0.15) is 0 Å². The molecule has 0 atom stereocenters. The molecule has 1 fully saturated rings. The predicted molar refractivity (Wildman–Crippen MR) is 119 cm³/mol. The van der Waals surface area contributed by atoms with Gasteiger partial charge >= 0.3 is 0 Å². The molecule has 7 heteroatoms. The summed E-state index contributed by atoms with van der Waals surface area (Å²) in [5, 5.41) is 4.43. The first kappa shape index (κ1) is 18.4. The van der Waals surface area contributed by atoms with Crippen molar-refractivity contribution in [2.45, 2.75) is 6.42 Å². The highest BCUT2D eigenvalue weighted by molar-refractivity contribution is 7.21. The molecule has 2 aromatic heterocycles. The van der Waals surface area contributed by atoms with Crippen molar-refractivity contribution < 1.29 is 4.74 Å². The largest absolute Gasteiger partial charge is 0.379 e. The molecule has 0 saturated carbocycles. The zero-order valence-corrected chi connectivity index (χ0v) is 17.0. The molecule has 1 aliphatic heterocycles. The van der Waals surface area contributed by atoms with Crippen LogP contribution in [0.2, 0.25) is 0 Å². The van der Waals surface area contributed by atoms with Gasteiger partial charge in [-0.15, -0.1) is 11.3 Å². The fraction of sp³-hybridized carbons (Fsp3) is 0.318. The molecule has 6 nitrogen and oxygen atoms in total. The Hall–Kier alpha value is -2.61. The molecule has 3 heterocycles. The molecule has 29 heavy (non-hydrogen) atoms. The Bertz CT molecular complexity index is 1090. The third-order valence-corrected chi connectivity index (χ3v) is 6.16. The molecule has 0 bridgehead atoms. The quantitative estimate of drug-likeness (QED) is 0.489. The van der Waals surface area contributed by atoms with Gasteiger partial charge in [-0.05, 0) is 37.2 Å². The number of ether oxygens (including phenoxy) is 1. The minimum atomic E-state index is 0.810. The fourth-order valence-corrected chi connectivity index (χ4v) is 4.54. The van der Waals surface area contributed by atoms with Crippen molar-refractivity contribution in [3.05, 3.63) is 48.5 Å². The van der Waals surface area contributed by atoms with Crippen LogP contribution in [0.1, 0.15) is 6.42 Å². The van der Waals surface area contributed by atoms with Gasteiger partial charge in [0, 0.05) is 19.6 Å². The maximum atomic E-state index is 5.42. The Labute approximate surface area is 173 Å². The van der Waals surface area contributed by atoms with Crippen LogP contribution in [0.4, 0.5) is 5.82 Å². The van der Waals surface area contributed by atoms with E-state index in [1.165, 1.54) is 0 Å². The van der Waals surface area contributed by atoms with Crippen LogP contribution in [0, 0.1) is 0 Å². The minimum Gasteiger partial charge on any atom is -0.379 e. The van der Waals surface area contributed by atoms with Gasteiger partial charge < -0.3 is 10.1 Å². The van der Waals surface area contributed by atoms with Crippen molar-refractivity contribution in [1.82, 2.24) is 19.9 Å². The molecule has 0 radical (unpaired) electrons. The SMILES string of the molecule is c1ccc2nc(-c3nc4ccccc4s3)c(NCCCN3CCOCC3)nc2c1. The average Bonchev–Trinajstić information content (AvgIpc) is 3.21. The zero-order valence-electron chi connectivity index (χ0n) is 16.2. The van der Waals surface area contributed by atoms with Crippen LogP contribution in [0.5, 0.6) is 0 Å².